The van der Waals surface area contributed by atoms with Crippen molar-refractivity contribution in [3.05, 3.63) is 71.0 Å². The fraction of sp³-hybridized carbons (Fsp3) is 0. The van der Waals surface area contributed by atoms with Crippen LogP contribution in [0.4, 0.5) is 0 Å². The first-order valence-corrected chi connectivity index (χ1v) is 6.14. The summed E-state index contributed by atoms with van der Waals surface area (Å²) in [6.07, 6.45) is 0. The topological polar surface area (TPSA) is 34.4 Å². The molecule has 2 aromatic heterocycles. The second-order valence-electron chi connectivity index (χ2n) is 4.52. The van der Waals surface area contributed by atoms with Crippen LogP contribution in [0.25, 0.3) is 27.8 Å². The Balaban J connectivity index is 2.24. The van der Waals surface area contributed by atoms with Crippen LogP contribution in [-0.2, 0) is 0 Å². The highest BCUT2D eigenvalue weighted by molar-refractivity contribution is 5.95. The fourth-order valence-electron chi connectivity index (χ4n) is 2.52. The van der Waals surface area contributed by atoms with E-state index < -0.39 is 0 Å². The molecular weight excluding hydrogens is 236 g/mol. The molecule has 0 N–H and O–H groups in total. The predicted octanol–water partition coefficient (Wildman–Crippen LogP) is 2.95. The van der Waals surface area contributed by atoms with Gasteiger partial charge in [-0.3, -0.25) is 9.20 Å². The Morgan fingerprint density at radius 3 is 2.53 bits per heavy atom. The molecule has 0 aliphatic carbocycles. The summed E-state index contributed by atoms with van der Waals surface area (Å²) < 4.78 is 1.69. The summed E-state index contributed by atoms with van der Waals surface area (Å²) in [6, 6.07) is 19.1. The van der Waals surface area contributed by atoms with Gasteiger partial charge in [0.05, 0.1) is 11.0 Å². The fourth-order valence-corrected chi connectivity index (χ4v) is 2.52. The third-order valence-electron chi connectivity index (χ3n) is 3.37. The van der Waals surface area contributed by atoms with Crippen molar-refractivity contribution < 1.29 is 0 Å². The van der Waals surface area contributed by atoms with E-state index in [4.69, 9.17) is 0 Å². The number of imidazole rings is 1. The molecule has 90 valence electrons. The molecule has 0 aliphatic rings. The number of nitrogens with zero attached hydrogens (tertiary/aromatic N) is 2. The highest BCUT2D eigenvalue weighted by Gasteiger charge is 2.13. The molecule has 0 unspecified atom stereocenters. The molecule has 0 aliphatic heterocycles. The molecule has 0 atom stereocenters. The van der Waals surface area contributed by atoms with E-state index in [1.54, 1.807) is 10.5 Å². The van der Waals surface area contributed by atoms with Crippen molar-refractivity contribution in [3.8, 4) is 11.4 Å². The summed E-state index contributed by atoms with van der Waals surface area (Å²) in [4.78, 5) is 16.8. The van der Waals surface area contributed by atoms with Crippen LogP contribution in [0, 0.1) is 0 Å². The molecule has 0 amide bonds. The van der Waals surface area contributed by atoms with Crippen molar-refractivity contribution in [1.82, 2.24) is 9.38 Å². The largest absolute Gasteiger partial charge is 0.269 e. The number of pyridine rings is 1. The third kappa shape index (κ3) is 1.38. The zero-order valence-electron chi connectivity index (χ0n) is 10.1. The van der Waals surface area contributed by atoms with Gasteiger partial charge < -0.3 is 0 Å². The van der Waals surface area contributed by atoms with Gasteiger partial charge in [-0.05, 0) is 12.1 Å². The van der Waals surface area contributed by atoms with Crippen molar-refractivity contribution in [2.45, 2.75) is 0 Å². The van der Waals surface area contributed by atoms with Crippen LogP contribution in [0.2, 0.25) is 0 Å². The van der Waals surface area contributed by atoms with E-state index in [9.17, 15) is 4.79 Å². The minimum atomic E-state index is -0.0416. The van der Waals surface area contributed by atoms with Gasteiger partial charge in [-0.1, -0.05) is 42.5 Å². The first-order chi connectivity index (χ1) is 9.34. The van der Waals surface area contributed by atoms with E-state index >= 15 is 0 Å². The second-order valence-corrected chi connectivity index (χ2v) is 4.52. The molecule has 4 rings (SSSR count). The first kappa shape index (κ1) is 10.3. The lowest BCUT2D eigenvalue weighted by atomic mass is 10.2. The van der Waals surface area contributed by atoms with Crippen LogP contribution < -0.4 is 5.56 Å². The molecule has 0 fully saturated rings. The monoisotopic (exact) mass is 246 g/mol. The van der Waals surface area contributed by atoms with Gasteiger partial charge in [0.15, 0.2) is 0 Å². The lowest BCUT2D eigenvalue weighted by molar-refractivity contribution is 1.11. The third-order valence-corrected chi connectivity index (χ3v) is 3.37. The van der Waals surface area contributed by atoms with Gasteiger partial charge in [-0.15, -0.1) is 0 Å². The zero-order chi connectivity index (χ0) is 12.8. The molecular formula is C16H10N2O. The number of hydrogen-bond donors (Lipinski definition) is 0. The maximum absolute atomic E-state index is 12.2. The Bertz CT molecular complexity index is 926. The zero-order valence-corrected chi connectivity index (χ0v) is 10.1. The van der Waals surface area contributed by atoms with Gasteiger partial charge >= 0.3 is 0 Å². The first-order valence-electron chi connectivity index (χ1n) is 6.14. The van der Waals surface area contributed by atoms with Crippen LogP contribution in [-0.4, -0.2) is 9.38 Å². The minimum absolute atomic E-state index is 0.0416. The molecule has 0 bridgehead atoms. The summed E-state index contributed by atoms with van der Waals surface area (Å²) in [5.41, 5.74) is 2.66. The van der Waals surface area contributed by atoms with Crippen LogP contribution in [0.15, 0.2) is 65.5 Å². The average molecular weight is 246 g/mol. The molecule has 0 spiro atoms. The normalized spacial score (nSPS) is 11.4. The second kappa shape index (κ2) is 3.65. The summed E-state index contributed by atoms with van der Waals surface area (Å²) >= 11 is 0. The Labute approximate surface area is 109 Å². The van der Waals surface area contributed by atoms with Crippen molar-refractivity contribution in [2.75, 3.05) is 0 Å². The average Bonchev–Trinajstić information content (AvgIpc) is 2.85. The minimum Gasteiger partial charge on any atom is -0.269 e. The van der Waals surface area contributed by atoms with Crippen molar-refractivity contribution >= 4 is 16.4 Å². The van der Waals surface area contributed by atoms with Crippen LogP contribution in [0.3, 0.4) is 0 Å². The maximum atomic E-state index is 12.2. The molecule has 19 heavy (non-hydrogen) atoms. The summed E-state index contributed by atoms with van der Waals surface area (Å²) in [7, 11) is 0. The van der Waals surface area contributed by atoms with Gasteiger partial charge in [-0.2, -0.15) is 0 Å². The van der Waals surface area contributed by atoms with E-state index in [0.29, 0.717) is 5.82 Å². The lowest BCUT2D eigenvalue weighted by Crippen LogP contribution is -2.11. The molecule has 3 heteroatoms. The van der Waals surface area contributed by atoms with Crippen LogP contribution in [0.1, 0.15) is 0 Å². The maximum Gasteiger partial charge on any atom is 0.256 e. The number of para-hydroxylation sites is 1. The highest BCUT2D eigenvalue weighted by Crippen LogP contribution is 2.25. The van der Waals surface area contributed by atoms with Gasteiger partial charge in [0, 0.05) is 17.0 Å². The smallest absolute Gasteiger partial charge is 0.256 e. The van der Waals surface area contributed by atoms with Gasteiger partial charge in [0.1, 0.15) is 5.82 Å². The number of benzene rings is 2. The number of aromatic nitrogens is 2. The highest BCUT2D eigenvalue weighted by atomic mass is 16.1. The molecule has 3 nitrogen and oxygen atoms in total. The van der Waals surface area contributed by atoms with E-state index in [1.165, 1.54) is 0 Å². The van der Waals surface area contributed by atoms with Crippen LogP contribution in [0.5, 0.6) is 0 Å². The summed E-state index contributed by atoms with van der Waals surface area (Å²) in [5, 5.41) is 1.03. The van der Waals surface area contributed by atoms with E-state index in [-0.39, 0.29) is 5.56 Å². The standard InChI is InChI=1S/C16H10N2O/c19-14-10-9-11-7-4-8-13-15(11)18(14)16(17-13)12-5-2-1-3-6-12/h1-10H. The summed E-state index contributed by atoms with van der Waals surface area (Å²) in [6.45, 7) is 0. The SMILES string of the molecule is O=c1ccc2cccc3nc(-c4ccccc4)n1c23. The number of hydrogen-bond acceptors (Lipinski definition) is 2. The van der Waals surface area contributed by atoms with Gasteiger partial charge in [-0.25, -0.2) is 4.98 Å². The molecule has 4 aromatic rings. The Morgan fingerprint density at radius 1 is 0.842 bits per heavy atom. The molecule has 2 heterocycles. The molecule has 2 aromatic carbocycles. The number of rotatable bonds is 1. The molecule has 0 radical (unpaired) electrons. The van der Waals surface area contributed by atoms with E-state index in [1.807, 2.05) is 54.6 Å². The van der Waals surface area contributed by atoms with Crippen molar-refractivity contribution in [3.63, 3.8) is 0 Å². The molecule has 0 saturated carbocycles. The quantitative estimate of drug-likeness (QED) is 0.517. The predicted molar refractivity (Wildman–Crippen MR) is 75.6 cm³/mol. The Kier molecular flexibility index (Phi) is 1.97. The molecule has 0 saturated heterocycles. The Hall–Kier alpha value is -2.68. The Morgan fingerprint density at radius 2 is 1.68 bits per heavy atom. The lowest BCUT2D eigenvalue weighted by Gasteiger charge is -2.01. The van der Waals surface area contributed by atoms with Gasteiger partial charge in [0.25, 0.3) is 5.56 Å². The van der Waals surface area contributed by atoms with Crippen molar-refractivity contribution in [1.29, 1.82) is 0 Å². The van der Waals surface area contributed by atoms with Gasteiger partial charge in [0.2, 0.25) is 0 Å². The van der Waals surface area contributed by atoms with Crippen LogP contribution >= 0.6 is 0 Å². The van der Waals surface area contributed by atoms with E-state index in [0.717, 1.165) is 22.0 Å². The van der Waals surface area contributed by atoms with Crippen molar-refractivity contribution in [2.24, 2.45) is 0 Å². The summed E-state index contributed by atoms with van der Waals surface area (Å²) in [5.74, 6) is 0.706. The van der Waals surface area contributed by atoms with E-state index in [2.05, 4.69) is 4.98 Å².